The maximum absolute atomic E-state index is 12.8. The number of hydrogen-bond acceptors (Lipinski definition) is 4. The Morgan fingerprint density at radius 3 is 2.45 bits per heavy atom. The van der Waals surface area contributed by atoms with Crippen molar-refractivity contribution in [1.82, 2.24) is 4.98 Å². The van der Waals surface area contributed by atoms with Crippen molar-refractivity contribution in [3.8, 4) is 0 Å². The highest BCUT2D eigenvalue weighted by Crippen LogP contribution is 2.25. The highest BCUT2D eigenvalue weighted by atomic mass is 32.2. The van der Waals surface area contributed by atoms with Gasteiger partial charge in [0.2, 0.25) is 0 Å². The lowest BCUT2D eigenvalue weighted by Gasteiger charge is -2.19. The first kappa shape index (κ1) is 19.0. The lowest BCUT2D eigenvalue weighted by molar-refractivity contribution is 0.0993. The SMILES string of the molecule is CN(C(=O)c1ccc(CSc2ccc3ccccc3n2)cc1)c1ccccc1N. The first-order chi connectivity index (χ1) is 14.1. The van der Waals surface area contributed by atoms with Gasteiger partial charge in [-0.3, -0.25) is 4.79 Å². The normalized spacial score (nSPS) is 10.8. The van der Waals surface area contributed by atoms with Gasteiger partial charge in [-0.05, 0) is 42.0 Å². The fourth-order valence-electron chi connectivity index (χ4n) is 3.12. The van der Waals surface area contributed by atoms with Gasteiger partial charge in [0.1, 0.15) is 0 Å². The van der Waals surface area contributed by atoms with Crippen LogP contribution in [-0.2, 0) is 5.75 Å². The zero-order chi connectivity index (χ0) is 20.2. The van der Waals surface area contributed by atoms with Crippen molar-refractivity contribution < 1.29 is 4.79 Å². The zero-order valence-electron chi connectivity index (χ0n) is 16.1. The fourth-order valence-corrected chi connectivity index (χ4v) is 3.96. The molecule has 29 heavy (non-hydrogen) atoms. The van der Waals surface area contributed by atoms with Gasteiger partial charge < -0.3 is 10.6 Å². The van der Waals surface area contributed by atoms with Crippen LogP contribution in [0, 0.1) is 0 Å². The number of thioether (sulfide) groups is 1. The molecule has 0 saturated heterocycles. The summed E-state index contributed by atoms with van der Waals surface area (Å²) in [6, 6.07) is 27.3. The van der Waals surface area contributed by atoms with Crippen LogP contribution < -0.4 is 10.6 Å². The molecule has 0 unspecified atom stereocenters. The predicted molar refractivity (Wildman–Crippen MR) is 121 cm³/mol. The maximum Gasteiger partial charge on any atom is 0.258 e. The molecule has 0 radical (unpaired) electrons. The second kappa shape index (κ2) is 8.37. The number of nitrogen functional groups attached to an aromatic ring is 1. The largest absolute Gasteiger partial charge is 0.397 e. The van der Waals surface area contributed by atoms with Crippen LogP contribution in [0.5, 0.6) is 0 Å². The quantitative estimate of drug-likeness (QED) is 0.361. The molecule has 0 saturated carbocycles. The van der Waals surface area contributed by atoms with Crippen LogP contribution in [0.3, 0.4) is 0 Å². The number of hydrogen-bond donors (Lipinski definition) is 1. The molecule has 2 N–H and O–H groups in total. The molecule has 144 valence electrons. The molecule has 1 heterocycles. The summed E-state index contributed by atoms with van der Waals surface area (Å²) in [6.45, 7) is 0. The van der Waals surface area contributed by atoms with Crippen molar-refractivity contribution in [2.75, 3.05) is 17.7 Å². The van der Waals surface area contributed by atoms with E-state index in [2.05, 4.69) is 12.1 Å². The summed E-state index contributed by atoms with van der Waals surface area (Å²) < 4.78 is 0. The van der Waals surface area contributed by atoms with Crippen molar-refractivity contribution >= 4 is 39.9 Å². The number of carbonyl (C=O) groups excluding carboxylic acids is 1. The number of nitrogens with two attached hydrogens (primary N) is 1. The van der Waals surface area contributed by atoms with Gasteiger partial charge in [-0.2, -0.15) is 0 Å². The standard InChI is InChI=1S/C24H21N3OS/c1-27(22-9-5-3-7-20(22)25)24(28)19-12-10-17(11-13-19)16-29-23-15-14-18-6-2-4-8-21(18)26-23/h2-15H,16,25H2,1H3. The first-order valence-electron chi connectivity index (χ1n) is 9.32. The molecule has 0 aliphatic carbocycles. The van der Waals surface area contributed by atoms with Gasteiger partial charge in [0, 0.05) is 23.8 Å². The third-order valence-electron chi connectivity index (χ3n) is 4.76. The topological polar surface area (TPSA) is 59.2 Å². The van der Waals surface area contributed by atoms with Crippen LogP contribution >= 0.6 is 11.8 Å². The predicted octanol–water partition coefficient (Wildman–Crippen LogP) is 5.39. The molecular weight excluding hydrogens is 378 g/mol. The van der Waals surface area contributed by atoms with E-state index in [1.807, 2.05) is 66.7 Å². The highest BCUT2D eigenvalue weighted by molar-refractivity contribution is 7.98. The summed E-state index contributed by atoms with van der Waals surface area (Å²) in [6.07, 6.45) is 0. The number of benzene rings is 3. The molecular formula is C24H21N3OS. The number of aromatic nitrogens is 1. The molecule has 4 aromatic rings. The van der Waals surface area contributed by atoms with E-state index < -0.39 is 0 Å². The van der Waals surface area contributed by atoms with Gasteiger partial charge >= 0.3 is 0 Å². The molecule has 0 aliphatic rings. The monoisotopic (exact) mass is 399 g/mol. The number of carbonyl (C=O) groups is 1. The first-order valence-corrected chi connectivity index (χ1v) is 10.3. The van der Waals surface area contributed by atoms with Crippen molar-refractivity contribution in [2.45, 2.75) is 10.8 Å². The van der Waals surface area contributed by atoms with Crippen LogP contribution in [0.4, 0.5) is 11.4 Å². The van der Waals surface area contributed by atoms with Crippen molar-refractivity contribution in [1.29, 1.82) is 0 Å². The van der Waals surface area contributed by atoms with Crippen molar-refractivity contribution in [2.24, 2.45) is 0 Å². The van der Waals surface area contributed by atoms with Gasteiger partial charge in [-0.1, -0.05) is 48.5 Å². The Kier molecular flexibility index (Phi) is 5.49. The number of para-hydroxylation sites is 3. The molecule has 4 nitrogen and oxygen atoms in total. The third-order valence-corrected chi connectivity index (χ3v) is 5.76. The van der Waals surface area contributed by atoms with E-state index >= 15 is 0 Å². The second-order valence-electron chi connectivity index (χ2n) is 6.75. The third kappa shape index (κ3) is 4.25. The van der Waals surface area contributed by atoms with Crippen LogP contribution in [-0.4, -0.2) is 17.9 Å². The number of fused-ring (bicyclic) bond motifs is 1. The van der Waals surface area contributed by atoms with Crippen molar-refractivity contribution in [3.63, 3.8) is 0 Å². The number of rotatable bonds is 5. The molecule has 0 fully saturated rings. The number of pyridine rings is 1. The summed E-state index contributed by atoms with van der Waals surface area (Å²) in [5, 5.41) is 2.13. The number of nitrogens with zero attached hydrogens (tertiary/aromatic N) is 2. The highest BCUT2D eigenvalue weighted by Gasteiger charge is 2.15. The van der Waals surface area contributed by atoms with E-state index in [1.54, 1.807) is 29.8 Å². The minimum Gasteiger partial charge on any atom is -0.397 e. The van der Waals surface area contributed by atoms with E-state index in [0.29, 0.717) is 16.9 Å². The minimum atomic E-state index is -0.0849. The molecule has 1 aromatic heterocycles. The van der Waals surface area contributed by atoms with Gasteiger partial charge in [-0.15, -0.1) is 11.8 Å². The Morgan fingerprint density at radius 2 is 1.66 bits per heavy atom. The summed E-state index contributed by atoms with van der Waals surface area (Å²) >= 11 is 1.68. The van der Waals surface area contributed by atoms with Gasteiger partial charge in [0.15, 0.2) is 0 Å². The summed E-state index contributed by atoms with van der Waals surface area (Å²) in [5.74, 6) is 0.708. The smallest absolute Gasteiger partial charge is 0.258 e. The van der Waals surface area contributed by atoms with Crippen molar-refractivity contribution in [3.05, 3.63) is 96.1 Å². The van der Waals surface area contributed by atoms with Crippen LogP contribution in [0.2, 0.25) is 0 Å². The average molecular weight is 400 g/mol. The second-order valence-corrected chi connectivity index (χ2v) is 7.75. The summed E-state index contributed by atoms with van der Waals surface area (Å²) in [7, 11) is 1.74. The molecule has 0 aliphatic heterocycles. The number of anilines is 2. The van der Waals surface area contributed by atoms with Crippen LogP contribution in [0.1, 0.15) is 15.9 Å². The van der Waals surface area contributed by atoms with Gasteiger partial charge in [0.25, 0.3) is 5.91 Å². The Balaban J connectivity index is 1.43. The molecule has 1 amide bonds. The molecule has 3 aromatic carbocycles. The Labute approximate surface area is 174 Å². The van der Waals surface area contributed by atoms with Gasteiger partial charge in [0.05, 0.1) is 21.9 Å². The van der Waals surface area contributed by atoms with E-state index in [1.165, 1.54) is 0 Å². The molecule has 0 bridgehead atoms. The average Bonchev–Trinajstić information content (AvgIpc) is 2.77. The van der Waals surface area contributed by atoms with Crippen LogP contribution in [0.25, 0.3) is 10.9 Å². The van der Waals surface area contributed by atoms with E-state index in [4.69, 9.17) is 10.7 Å². The summed E-state index contributed by atoms with van der Waals surface area (Å²) in [5.41, 5.74) is 10.1. The molecule has 4 rings (SSSR count). The number of amides is 1. The Hall–Kier alpha value is -3.31. The summed E-state index contributed by atoms with van der Waals surface area (Å²) in [4.78, 5) is 19.0. The maximum atomic E-state index is 12.8. The zero-order valence-corrected chi connectivity index (χ0v) is 16.9. The van der Waals surface area contributed by atoms with Gasteiger partial charge in [-0.25, -0.2) is 4.98 Å². The lowest BCUT2D eigenvalue weighted by atomic mass is 10.1. The molecule has 5 heteroatoms. The Morgan fingerprint density at radius 1 is 0.931 bits per heavy atom. The minimum absolute atomic E-state index is 0.0849. The Bertz CT molecular complexity index is 1160. The van der Waals surface area contributed by atoms with E-state index in [0.717, 1.165) is 27.2 Å². The van der Waals surface area contributed by atoms with E-state index in [-0.39, 0.29) is 5.91 Å². The lowest BCUT2D eigenvalue weighted by Crippen LogP contribution is -2.26. The van der Waals surface area contributed by atoms with Crippen LogP contribution in [0.15, 0.2) is 90.0 Å². The molecule has 0 atom stereocenters. The fraction of sp³-hybridized carbons (Fsp3) is 0.0833. The van der Waals surface area contributed by atoms with E-state index in [9.17, 15) is 4.79 Å². The molecule has 0 spiro atoms.